The van der Waals surface area contributed by atoms with Crippen molar-refractivity contribution in [1.82, 2.24) is 20.1 Å². The molecule has 0 saturated carbocycles. The van der Waals surface area contributed by atoms with Gasteiger partial charge in [-0.1, -0.05) is 30.6 Å². The van der Waals surface area contributed by atoms with E-state index in [9.17, 15) is 0 Å². The summed E-state index contributed by atoms with van der Waals surface area (Å²) in [5.41, 5.74) is 1.35. The van der Waals surface area contributed by atoms with Gasteiger partial charge in [-0.2, -0.15) is 10.2 Å². The molecule has 0 amide bonds. The number of anilines is 1. The molecule has 8 nitrogen and oxygen atoms in total. The highest BCUT2D eigenvalue weighted by Crippen LogP contribution is 2.46. The molecule has 1 aromatic carbocycles. The van der Waals surface area contributed by atoms with Crippen LogP contribution in [0.4, 0.5) is 5.82 Å². The Kier molecular flexibility index (Phi) is 5.67. The van der Waals surface area contributed by atoms with Gasteiger partial charge in [0.15, 0.2) is 5.82 Å². The Morgan fingerprint density at radius 3 is 2.61 bits per heavy atom. The molecule has 0 radical (unpaired) electrons. The zero-order valence-corrected chi connectivity index (χ0v) is 19.6. The van der Waals surface area contributed by atoms with E-state index in [2.05, 4.69) is 44.9 Å². The lowest BCUT2D eigenvalue weighted by molar-refractivity contribution is 0.303. The fourth-order valence-corrected chi connectivity index (χ4v) is 5.14. The number of aromatic nitrogens is 4. The Balaban J connectivity index is 1.38. The van der Waals surface area contributed by atoms with Gasteiger partial charge < -0.3 is 14.2 Å². The molecule has 2 aliphatic heterocycles. The largest absolute Gasteiger partial charge is 0.437 e. The first-order valence-electron chi connectivity index (χ1n) is 11.3. The lowest BCUT2D eigenvalue weighted by Crippen LogP contribution is -2.43. The highest BCUT2D eigenvalue weighted by Gasteiger charge is 2.44. The number of halogens is 1. The van der Waals surface area contributed by atoms with Crippen LogP contribution in [0, 0.1) is 18.3 Å². The lowest BCUT2D eigenvalue weighted by atomic mass is 9.90. The number of nitrogens with zero attached hydrogens (tertiary/aromatic N) is 6. The van der Waals surface area contributed by atoms with Gasteiger partial charge in [-0.15, -0.1) is 0 Å². The van der Waals surface area contributed by atoms with Crippen LogP contribution in [0.3, 0.4) is 0 Å². The van der Waals surface area contributed by atoms with Crippen molar-refractivity contribution in [2.24, 2.45) is 0 Å². The van der Waals surface area contributed by atoms with Gasteiger partial charge in [0.05, 0.1) is 22.2 Å². The molecule has 3 aromatic rings. The Morgan fingerprint density at radius 2 is 1.97 bits per heavy atom. The molecule has 2 aromatic heterocycles. The average molecular weight is 465 g/mol. The van der Waals surface area contributed by atoms with Crippen molar-refractivity contribution in [3.8, 4) is 17.7 Å². The van der Waals surface area contributed by atoms with Crippen LogP contribution in [0.2, 0.25) is 5.02 Å². The standard InChI is InChI=1S/C24H25ClN6O2/c1-13(2)21-29-24(33-30-21)16-9-17-5-6-18(10-16)31(17)22-14(3)23(28-12-27-22)32-20-7-4-15(11-26)8-19(20)25/h4,7-8,12-13,16-18H,5-6,9-10H2,1-3H3. The SMILES string of the molecule is Cc1c(Oc2ccc(C#N)cc2Cl)ncnc1N1C2CCC1CC(c1nc(C(C)C)no1)C2. The Bertz CT molecular complexity index is 1210. The quantitative estimate of drug-likeness (QED) is 0.486. The van der Waals surface area contributed by atoms with Crippen LogP contribution in [-0.4, -0.2) is 32.2 Å². The van der Waals surface area contributed by atoms with E-state index in [1.807, 2.05) is 6.92 Å². The molecule has 170 valence electrons. The van der Waals surface area contributed by atoms with E-state index in [1.54, 1.807) is 18.2 Å². The van der Waals surface area contributed by atoms with Gasteiger partial charge in [-0.05, 0) is 50.8 Å². The van der Waals surface area contributed by atoms with Crippen LogP contribution >= 0.6 is 11.6 Å². The number of fused-ring (bicyclic) bond motifs is 2. The third-order valence-electron chi connectivity index (χ3n) is 6.58. The van der Waals surface area contributed by atoms with Crippen molar-refractivity contribution in [3.05, 3.63) is 52.4 Å². The molecule has 2 aliphatic rings. The molecular formula is C24H25ClN6O2. The molecule has 0 aliphatic carbocycles. The average Bonchev–Trinajstić information content (AvgIpc) is 3.39. The molecule has 33 heavy (non-hydrogen) atoms. The van der Waals surface area contributed by atoms with Gasteiger partial charge in [0.25, 0.3) is 0 Å². The number of hydrogen-bond acceptors (Lipinski definition) is 8. The predicted molar refractivity (Wildman–Crippen MR) is 123 cm³/mol. The Hall–Kier alpha value is -3.18. The molecule has 2 fully saturated rings. The minimum Gasteiger partial charge on any atom is -0.437 e. The normalized spacial score (nSPS) is 21.9. The Labute approximate surface area is 197 Å². The first-order chi connectivity index (χ1) is 15.9. The number of benzene rings is 1. The van der Waals surface area contributed by atoms with E-state index >= 15 is 0 Å². The minimum atomic E-state index is 0.256. The molecule has 2 unspecified atom stereocenters. The molecule has 4 heterocycles. The summed E-state index contributed by atoms with van der Waals surface area (Å²) in [6.07, 6.45) is 5.66. The van der Waals surface area contributed by atoms with Gasteiger partial charge in [0, 0.05) is 23.9 Å². The molecule has 2 atom stereocenters. The van der Waals surface area contributed by atoms with Crippen LogP contribution < -0.4 is 9.64 Å². The van der Waals surface area contributed by atoms with E-state index in [4.69, 9.17) is 26.1 Å². The van der Waals surface area contributed by atoms with Crippen LogP contribution in [0.1, 0.15) is 74.2 Å². The molecule has 2 saturated heterocycles. The topological polar surface area (TPSA) is 101 Å². The monoisotopic (exact) mass is 464 g/mol. The second-order valence-electron chi connectivity index (χ2n) is 9.09. The number of ether oxygens (including phenoxy) is 1. The fourth-order valence-electron chi connectivity index (χ4n) is 4.92. The summed E-state index contributed by atoms with van der Waals surface area (Å²) in [7, 11) is 0. The summed E-state index contributed by atoms with van der Waals surface area (Å²) in [5.74, 6) is 3.88. The van der Waals surface area contributed by atoms with Crippen molar-refractivity contribution < 1.29 is 9.26 Å². The number of hydrogen-bond donors (Lipinski definition) is 0. The lowest BCUT2D eigenvalue weighted by Gasteiger charge is -2.39. The van der Waals surface area contributed by atoms with Crippen LogP contribution in [0.5, 0.6) is 11.6 Å². The smallest absolute Gasteiger partial charge is 0.229 e. The number of nitriles is 1. The van der Waals surface area contributed by atoms with E-state index in [0.717, 1.165) is 48.8 Å². The van der Waals surface area contributed by atoms with Crippen molar-refractivity contribution in [2.45, 2.75) is 70.4 Å². The van der Waals surface area contributed by atoms with Gasteiger partial charge >= 0.3 is 0 Å². The summed E-state index contributed by atoms with van der Waals surface area (Å²) in [4.78, 5) is 16.0. The summed E-state index contributed by atoms with van der Waals surface area (Å²) in [6, 6.07) is 7.72. The molecule has 9 heteroatoms. The fraction of sp³-hybridized carbons (Fsp3) is 0.458. The summed E-state index contributed by atoms with van der Waals surface area (Å²) >= 11 is 6.30. The first kappa shape index (κ1) is 21.7. The summed E-state index contributed by atoms with van der Waals surface area (Å²) in [6.45, 7) is 6.12. The van der Waals surface area contributed by atoms with E-state index < -0.39 is 0 Å². The van der Waals surface area contributed by atoms with Crippen molar-refractivity contribution in [1.29, 1.82) is 5.26 Å². The Morgan fingerprint density at radius 1 is 1.21 bits per heavy atom. The van der Waals surface area contributed by atoms with Gasteiger partial charge in [0.2, 0.25) is 11.8 Å². The maximum atomic E-state index is 9.05. The molecular weight excluding hydrogens is 440 g/mol. The van der Waals surface area contributed by atoms with Crippen LogP contribution in [0.15, 0.2) is 29.0 Å². The predicted octanol–water partition coefficient (Wildman–Crippen LogP) is 5.52. The van der Waals surface area contributed by atoms with Gasteiger partial charge in [-0.25, -0.2) is 9.97 Å². The highest BCUT2D eigenvalue weighted by atomic mass is 35.5. The van der Waals surface area contributed by atoms with Crippen molar-refractivity contribution in [3.63, 3.8) is 0 Å². The zero-order valence-electron chi connectivity index (χ0n) is 18.8. The summed E-state index contributed by atoms with van der Waals surface area (Å²) < 4.78 is 11.6. The van der Waals surface area contributed by atoms with Gasteiger partial charge in [-0.3, -0.25) is 0 Å². The van der Waals surface area contributed by atoms with Crippen LogP contribution in [0.25, 0.3) is 0 Å². The number of piperidine rings is 1. The number of rotatable bonds is 5. The second-order valence-corrected chi connectivity index (χ2v) is 9.50. The summed E-state index contributed by atoms with van der Waals surface area (Å²) in [5, 5.41) is 13.6. The third-order valence-corrected chi connectivity index (χ3v) is 6.87. The molecule has 0 N–H and O–H groups in total. The molecule has 0 spiro atoms. The maximum Gasteiger partial charge on any atom is 0.229 e. The first-order valence-corrected chi connectivity index (χ1v) is 11.6. The maximum absolute atomic E-state index is 9.05. The highest BCUT2D eigenvalue weighted by molar-refractivity contribution is 6.32. The van der Waals surface area contributed by atoms with Crippen LogP contribution in [-0.2, 0) is 0 Å². The zero-order chi connectivity index (χ0) is 23.1. The van der Waals surface area contributed by atoms with Crippen molar-refractivity contribution in [2.75, 3.05) is 4.90 Å². The molecule has 2 bridgehead atoms. The molecule has 5 rings (SSSR count). The third kappa shape index (κ3) is 4.02. The second kappa shape index (κ2) is 8.64. The van der Waals surface area contributed by atoms with E-state index in [0.29, 0.717) is 34.3 Å². The van der Waals surface area contributed by atoms with E-state index in [1.165, 1.54) is 6.33 Å². The van der Waals surface area contributed by atoms with E-state index in [-0.39, 0.29) is 11.8 Å². The van der Waals surface area contributed by atoms with Gasteiger partial charge in [0.1, 0.15) is 17.9 Å². The van der Waals surface area contributed by atoms with Crippen molar-refractivity contribution >= 4 is 17.4 Å². The minimum absolute atomic E-state index is 0.256.